The SMILES string of the molecule is CC(C)(N)C1(c2ccc(-c3ccccc3)s2)CC1. The molecule has 94 valence electrons. The van der Waals surface area contributed by atoms with E-state index >= 15 is 0 Å². The molecular formula is C16H19NS. The first kappa shape index (κ1) is 11.9. The summed E-state index contributed by atoms with van der Waals surface area (Å²) in [5.41, 5.74) is 7.77. The van der Waals surface area contributed by atoms with E-state index in [9.17, 15) is 0 Å². The molecule has 0 unspecified atom stereocenters. The van der Waals surface area contributed by atoms with Crippen molar-refractivity contribution in [3.05, 3.63) is 47.3 Å². The third-order valence-corrected chi connectivity index (χ3v) is 5.46. The van der Waals surface area contributed by atoms with Gasteiger partial charge in [-0.3, -0.25) is 0 Å². The van der Waals surface area contributed by atoms with Crippen molar-refractivity contribution in [3.63, 3.8) is 0 Å². The van der Waals surface area contributed by atoms with Gasteiger partial charge in [-0.05, 0) is 44.4 Å². The van der Waals surface area contributed by atoms with Crippen molar-refractivity contribution in [1.29, 1.82) is 0 Å². The lowest BCUT2D eigenvalue weighted by Crippen LogP contribution is -2.44. The third-order valence-electron chi connectivity index (χ3n) is 4.12. The summed E-state index contributed by atoms with van der Waals surface area (Å²) < 4.78 is 0. The van der Waals surface area contributed by atoms with Crippen molar-refractivity contribution in [2.45, 2.75) is 37.6 Å². The van der Waals surface area contributed by atoms with Crippen LogP contribution < -0.4 is 5.73 Å². The molecule has 1 aromatic carbocycles. The van der Waals surface area contributed by atoms with E-state index in [1.54, 1.807) is 0 Å². The molecular weight excluding hydrogens is 238 g/mol. The average Bonchev–Trinajstić information content (AvgIpc) is 3.03. The Hall–Kier alpha value is -1.12. The fourth-order valence-electron chi connectivity index (χ4n) is 2.69. The highest BCUT2D eigenvalue weighted by Gasteiger charge is 2.54. The van der Waals surface area contributed by atoms with Crippen LogP contribution in [0.2, 0.25) is 0 Å². The summed E-state index contributed by atoms with van der Waals surface area (Å²) in [6.45, 7) is 4.31. The van der Waals surface area contributed by atoms with Gasteiger partial charge in [-0.1, -0.05) is 30.3 Å². The summed E-state index contributed by atoms with van der Waals surface area (Å²) in [6.07, 6.45) is 2.45. The van der Waals surface area contributed by atoms with E-state index in [0.717, 1.165) is 0 Å². The Morgan fingerprint density at radius 3 is 2.28 bits per heavy atom. The number of benzene rings is 1. The maximum atomic E-state index is 6.36. The van der Waals surface area contributed by atoms with Crippen LogP contribution in [-0.2, 0) is 5.41 Å². The van der Waals surface area contributed by atoms with E-state index in [2.05, 4.69) is 56.3 Å². The number of hydrogen-bond donors (Lipinski definition) is 1. The molecule has 0 radical (unpaired) electrons. The van der Waals surface area contributed by atoms with E-state index in [-0.39, 0.29) is 11.0 Å². The molecule has 1 aliphatic rings. The highest BCUT2D eigenvalue weighted by Crippen LogP contribution is 2.57. The van der Waals surface area contributed by atoms with Crippen LogP contribution in [0.1, 0.15) is 31.6 Å². The predicted octanol–water partition coefficient (Wildman–Crippen LogP) is 4.18. The molecule has 2 aromatic rings. The molecule has 2 N–H and O–H groups in total. The molecule has 18 heavy (non-hydrogen) atoms. The van der Waals surface area contributed by atoms with Crippen LogP contribution in [-0.4, -0.2) is 5.54 Å². The second kappa shape index (κ2) is 3.94. The molecule has 0 aliphatic heterocycles. The summed E-state index contributed by atoms with van der Waals surface area (Å²) in [4.78, 5) is 2.80. The standard InChI is InChI=1S/C16H19NS/c1-15(2,17)16(10-11-16)14-9-8-13(18-14)12-6-4-3-5-7-12/h3-9H,10-11,17H2,1-2H3. The molecule has 0 spiro atoms. The Bertz CT molecular complexity index is 544. The quantitative estimate of drug-likeness (QED) is 0.877. The van der Waals surface area contributed by atoms with E-state index < -0.39 is 0 Å². The van der Waals surface area contributed by atoms with Gasteiger partial charge >= 0.3 is 0 Å². The Morgan fingerprint density at radius 2 is 1.72 bits per heavy atom. The first-order valence-corrected chi connectivity index (χ1v) is 7.29. The minimum Gasteiger partial charge on any atom is -0.325 e. The zero-order valence-corrected chi connectivity index (χ0v) is 11.8. The van der Waals surface area contributed by atoms with Crippen LogP contribution in [0.4, 0.5) is 0 Å². The predicted molar refractivity (Wildman–Crippen MR) is 78.9 cm³/mol. The van der Waals surface area contributed by atoms with Gasteiger partial charge in [0, 0.05) is 20.7 Å². The van der Waals surface area contributed by atoms with Gasteiger partial charge in [0.25, 0.3) is 0 Å². The second-order valence-corrected chi connectivity index (χ2v) is 6.92. The molecule has 1 saturated carbocycles. The normalized spacial score (nSPS) is 17.7. The van der Waals surface area contributed by atoms with E-state index in [4.69, 9.17) is 5.73 Å². The fraction of sp³-hybridized carbons (Fsp3) is 0.375. The topological polar surface area (TPSA) is 26.0 Å². The van der Waals surface area contributed by atoms with Gasteiger partial charge in [0.05, 0.1) is 0 Å². The number of hydrogen-bond acceptors (Lipinski definition) is 2. The van der Waals surface area contributed by atoms with Crippen molar-refractivity contribution in [1.82, 2.24) is 0 Å². The summed E-state index contributed by atoms with van der Waals surface area (Å²) in [5, 5.41) is 0. The Kier molecular flexibility index (Phi) is 2.61. The highest BCUT2D eigenvalue weighted by atomic mass is 32.1. The van der Waals surface area contributed by atoms with E-state index in [0.29, 0.717) is 0 Å². The number of rotatable bonds is 3. The van der Waals surface area contributed by atoms with Gasteiger partial charge in [0.2, 0.25) is 0 Å². The van der Waals surface area contributed by atoms with E-state index in [1.807, 2.05) is 11.3 Å². The molecule has 1 heterocycles. The smallest absolute Gasteiger partial charge is 0.0345 e. The summed E-state index contributed by atoms with van der Waals surface area (Å²) in [6, 6.07) is 15.1. The molecule has 2 heteroatoms. The van der Waals surface area contributed by atoms with Gasteiger partial charge in [-0.2, -0.15) is 0 Å². The molecule has 0 amide bonds. The van der Waals surface area contributed by atoms with Crippen LogP contribution in [0.5, 0.6) is 0 Å². The van der Waals surface area contributed by atoms with Gasteiger partial charge in [-0.15, -0.1) is 11.3 Å². The number of thiophene rings is 1. The van der Waals surface area contributed by atoms with Crippen LogP contribution in [0.15, 0.2) is 42.5 Å². The minimum atomic E-state index is -0.119. The van der Waals surface area contributed by atoms with Crippen molar-refractivity contribution in [3.8, 4) is 10.4 Å². The lowest BCUT2D eigenvalue weighted by Gasteiger charge is -2.29. The Balaban J connectivity index is 1.96. The van der Waals surface area contributed by atoms with Crippen molar-refractivity contribution in [2.75, 3.05) is 0 Å². The van der Waals surface area contributed by atoms with Gasteiger partial charge in [-0.25, -0.2) is 0 Å². The maximum Gasteiger partial charge on any atom is 0.0345 e. The monoisotopic (exact) mass is 257 g/mol. The molecule has 1 aliphatic carbocycles. The molecule has 3 rings (SSSR count). The second-order valence-electron chi connectivity index (χ2n) is 5.83. The summed E-state index contributed by atoms with van der Waals surface area (Å²) in [5.74, 6) is 0. The van der Waals surface area contributed by atoms with E-state index in [1.165, 1.54) is 28.2 Å². The molecule has 1 aromatic heterocycles. The average molecular weight is 257 g/mol. The first-order valence-electron chi connectivity index (χ1n) is 6.48. The fourth-order valence-corrected chi connectivity index (χ4v) is 4.11. The highest BCUT2D eigenvalue weighted by molar-refractivity contribution is 7.15. The number of nitrogens with two attached hydrogens (primary N) is 1. The maximum absolute atomic E-state index is 6.36. The largest absolute Gasteiger partial charge is 0.325 e. The van der Waals surface area contributed by atoms with Crippen LogP contribution in [0.25, 0.3) is 10.4 Å². The van der Waals surface area contributed by atoms with Gasteiger partial charge < -0.3 is 5.73 Å². The molecule has 0 atom stereocenters. The van der Waals surface area contributed by atoms with Crippen molar-refractivity contribution >= 4 is 11.3 Å². The molecule has 0 saturated heterocycles. The van der Waals surface area contributed by atoms with Crippen molar-refractivity contribution < 1.29 is 0 Å². The minimum absolute atomic E-state index is 0.119. The molecule has 0 bridgehead atoms. The summed E-state index contributed by atoms with van der Waals surface area (Å²) >= 11 is 1.90. The third kappa shape index (κ3) is 1.80. The Morgan fingerprint density at radius 1 is 1.06 bits per heavy atom. The zero-order chi connectivity index (χ0) is 12.8. The van der Waals surface area contributed by atoms with Gasteiger partial charge in [0.15, 0.2) is 0 Å². The van der Waals surface area contributed by atoms with Crippen molar-refractivity contribution in [2.24, 2.45) is 5.73 Å². The lowest BCUT2D eigenvalue weighted by atomic mass is 9.84. The Labute approximate surface area is 113 Å². The van der Waals surface area contributed by atoms with Crippen LogP contribution in [0, 0.1) is 0 Å². The summed E-state index contributed by atoms with van der Waals surface area (Å²) in [7, 11) is 0. The lowest BCUT2D eigenvalue weighted by molar-refractivity contribution is 0.397. The zero-order valence-electron chi connectivity index (χ0n) is 10.9. The molecule has 1 nitrogen and oxygen atoms in total. The van der Waals surface area contributed by atoms with Crippen LogP contribution in [0.3, 0.4) is 0 Å². The van der Waals surface area contributed by atoms with Gasteiger partial charge in [0.1, 0.15) is 0 Å². The molecule has 1 fully saturated rings. The first-order chi connectivity index (χ1) is 8.53. The van der Waals surface area contributed by atoms with Crippen LogP contribution >= 0.6 is 11.3 Å².